The van der Waals surface area contributed by atoms with Gasteiger partial charge in [-0.25, -0.2) is 9.48 Å². The lowest BCUT2D eigenvalue weighted by molar-refractivity contribution is -0.123. The molecule has 3 rings (SSSR count). The predicted octanol–water partition coefficient (Wildman–Crippen LogP) is 1.91. The topological polar surface area (TPSA) is 102 Å². The van der Waals surface area contributed by atoms with Crippen molar-refractivity contribution in [3.05, 3.63) is 60.4 Å². The summed E-state index contributed by atoms with van der Waals surface area (Å²) < 4.78 is 6.71. The first-order valence-corrected chi connectivity index (χ1v) is 8.56. The summed E-state index contributed by atoms with van der Waals surface area (Å²) in [6, 6.07) is 14.0. The molecule has 0 aliphatic carbocycles. The van der Waals surface area contributed by atoms with E-state index in [1.54, 1.807) is 36.4 Å². The maximum Gasteiger partial charge on any atom is 0.338 e. The van der Waals surface area contributed by atoms with Crippen molar-refractivity contribution >= 4 is 23.3 Å². The van der Waals surface area contributed by atoms with Gasteiger partial charge in [0.15, 0.2) is 6.10 Å². The van der Waals surface area contributed by atoms with Gasteiger partial charge in [-0.3, -0.25) is 4.79 Å². The number of hydrogen-bond acceptors (Lipinski definition) is 7. The van der Waals surface area contributed by atoms with Crippen LogP contribution in [0, 0.1) is 0 Å². The van der Waals surface area contributed by atoms with Crippen LogP contribution in [-0.2, 0) is 9.53 Å². The van der Waals surface area contributed by atoms with Crippen molar-refractivity contribution < 1.29 is 14.3 Å². The number of aromatic nitrogens is 4. The van der Waals surface area contributed by atoms with Gasteiger partial charge in [-0.1, -0.05) is 6.07 Å². The maximum absolute atomic E-state index is 12.4. The summed E-state index contributed by atoms with van der Waals surface area (Å²) in [5, 5.41) is 13.6. The fraction of sp³-hybridized carbons (Fsp3) is 0.211. The maximum atomic E-state index is 12.4. The molecule has 144 valence electrons. The van der Waals surface area contributed by atoms with Crippen LogP contribution >= 0.6 is 0 Å². The number of benzene rings is 2. The Morgan fingerprint density at radius 3 is 2.54 bits per heavy atom. The van der Waals surface area contributed by atoms with E-state index in [0.717, 1.165) is 5.69 Å². The summed E-state index contributed by atoms with van der Waals surface area (Å²) >= 11 is 0. The zero-order chi connectivity index (χ0) is 20.1. The standard InChI is InChI=1S/C19H20N6O3/c1-13(18(26)21-15-7-9-16(10-8-15)24(2)3)28-19(27)14-5-4-6-17(11-14)25-12-20-22-23-25/h4-13H,1-3H3,(H,21,26)/t13-/m0/s1. The lowest BCUT2D eigenvalue weighted by Gasteiger charge is -2.15. The number of nitrogens with one attached hydrogen (secondary N) is 1. The summed E-state index contributed by atoms with van der Waals surface area (Å²) in [4.78, 5) is 26.7. The summed E-state index contributed by atoms with van der Waals surface area (Å²) in [5.41, 5.74) is 2.54. The first-order chi connectivity index (χ1) is 13.4. The second-order valence-electron chi connectivity index (χ2n) is 6.28. The Bertz CT molecular complexity index is 954. The highest BCUT2D eigenvalue weighted by molar-refractivity contribution is 5.97. The Morgan fingerprint density at radius 2 is 1.89 bits per heavy atom. The van der Waals surface area contributed by atoms with E-state index in [2.05, 4.69) is 20.8 Å². The smallest absolute Gasteiger partial charge is 0.338 e. The second-order valence-corrected chi connectivity index (χ2v) is 6.28. The van der Waals surface area contributed by atoms with Crippen LogP contribution in [0.1, 0.15) is 17.3 Å². The molecule has 0 saturated carbocycles. The van der Waals surface area contributed by atoms with Crippen LogP contribution in [0.5, 0.6) is 0 Å². The SMILES string of the molecule is C[C@H](OC(=O)c1cccc(-n2cnnn2)c1)C(=O)Nc1ccc(N(C)C)cc1. The molecule has 0 saturated heterocycles. The molecule has 1 N–H and O–H groups in total. The molecule has 1 amide bonds. The van der Waals surface area contributed by atoms with Crippen molar-refractivity contribution in [2.24, 2.45) is 0 Å². The normalized spacial score (nSPS) is 11.5. The van der Waals surface area contributed by atoms with Gasteiger partial charge in [-0.15, -0.1) is 5.10 Å². The first-order valence-electron chi connectivity index (χ1n) is 8.56. The number of esters is 1. The van der Waals surface area contributed by atoms with Crippen molar-refractivity contribution in [2.45, 2.75) is 13.0 Å². The van der Waals surface area contributed by atoms with Crippen LogP contribution in [0.2, 0.25) is 0 Å². The van der Waals surface area contributed by atoms with Crippen molar-refractivity contribution in [3.8, 4) is 5.69 Å². The van der Waals surface area contributed by atoms with E-state index < -0.39 is 18.0 Å². The van der Waals surface area contributed by atoms with E-state index in [4.69, 9.17) is 4.74 Å². The highest BCUT2D eigenvalue weighted by Gasteiger charge is 2.19. The zero-order valence-corrected chi connectivity index (χ0v) is 15.7. The minimum atomic E-state index is -0.960. The monoisotopic (exact) mass is 380 g/mol. The molecule has 1 aromatic heterocycles. The molecule has 0 bridgehead atoms. The first kappa shape index (κ1) is 19.0. The number of amides is 1. The van der Waals surface area contributed by atoms with Crippen molar-refractivity contribution in [2.75, 3.05) is 24.3 Å². The number of tetrazole rings is 1. The van der Waals surface area contributed by atoms with Crippen LogP contribution in [0.3, 0.4) is 0 Å². The number of carbonyl (C=O) groups excluding carboxylic acids is 2. The Balaban J connectivity index is 1.62. The van der Waals surface area contributed by atoms with Gasteiger partial charge in [-0.2, -0.15) is 0 Å². The van der Waals surface area contributed by atoms with Crippen molar-refractivity contribution in [3.63, 3.8) is 0 Å². The molecular formula is C19H20N6O3. The molecular weight excluding hydrogens is 360 g/mol. The zero-order valence-electron chi connectivity index (χ0n) is 15.7. The fourth-order valence-corrected chi connectivity index (χ4v) is 2.42. The largest absolute Gasteiger partial charge is 0.449 e. The van der Waals surface area contributed by atoms with Gasteiger partial charge in [0.05, 0.1) is 11.3 Å². The van der Waals surface area contributed by atoms with Gasteiger partial charge in [0, 0.05) is 25.5 Å². The Labute approximate surface area is 161 Å². The van der Waals surface area contributed by atoms with Gasteiger partial charge in [0.2, 0.25) is 0 Å². The molecule has 28 heavy (non-hydrogen) atoms. The number of ether oxygens (including phenoxy) is 1. The fourth-order valence-electron chi connectivity index (χ4n) is 2.42. The van der Waals surface area contributed by atoms with Crippen LogP contribution in [0.4, 0.5) is 11.4 Å². The molecule has 0 spiro atoms. The van der Waals surface area contributed by atoms with E-state index in [0.29, 0.717) is 16.9 Å². The molecule has 3 aromatic rings. The summed E-state index contributed by atoms with van der Waals surface area (Å²) in [7, 11) is 3.87. The lowest BCUT2D eigenvalue weighted by Crippen LogP contribution is -2.30. The van der Waals surface area contributed by atoms with Crippen LogP contribution in [0.25, 0.3) is 5.69 Å². The Hall–Kier alpha value is -3.75. The van der Waals surface area contributed by atoms with Crippen LogP contribution < -0.4 is 10.2 Å². The molecule has 9 heteroatoms. The summed E-state index contributed by atoms with van der Waals surface area (Å²) in [5.74, 6) is -1.02. The number of nitrogens with zero attached hydrogens (tertiary/aromatic N) is 5. The Kier molecular flexibility index (Phi) is 5.64. The number of rotatable bonds is 6. The molecule has 0 radical (unpaired) electrons. The second kappa shape index (κ2) is 8.30. The molecule has 0 unspecified atom stereocenters. The third-order valence-corrected chi connectivity index (χ3v) is 4.00. The number of carbonyl (C=O) groups is 2. The molecule has 1 atom stereocenters. The van der Waals surface area contributed by atoms with Crippen LogP contribution in [0.15, 0.2) is 54.9 Å². The summed E-state index contributed by atoms with van der Waals surface area (Å²) in [6.45, 7) is 1.52. The van der Waals surface area contributed by atoms with Gasteiger partial charge in [0.25, 0.3) is 5.91 Å². The minimum Gasteiger partial charge on any atom is -0.449 e. The number of hydrogen-bond donors (Lipinski definition) is 1. The van der Waals surface area contributed by atoms with Crippen molar-refractivity contribution in [1.29, 1.82) is 0 Å². The predicted molar refractivity (Wildman–Crippen MR) is 103 cm³/mol. The lowest BCUT2D eigenvalue weighted by atomic mass is 10.2. The average Bonchev–Trinajstić information content (AvgIpc) is 3.23. The molecule has 2 aromatic carbocycles. The Morgan fingerprint density at radius 1 is 1.14 bits per heavy atom. The molecule has 0 aliphatic rings. The third-order valence-electron chi connectivity index (χ3n) is 4.00. The quantitative estimate of drug-likeness (QED) is 0.652. The van der Waals surface area contributed by atoms with E-state index in [-0.39, 0.29) is 0 Å². The molecule has 1 heterocycles. The van der Waals surface area contributed by atoms with Crippen molar-refractivity contribution in [1.82, 2.24) is 20.2 Å². The summed E-state index contributed by atoms with van der Waals surface area (Å²) in [6.07, 6.45) is 0.458. The van der Waals surface area contributed by atoms with Gasteiger partial charge in [-0.05, 0) is 59.8 Å². The van der Waals surface area contributed by atoms with Gasteiger partial charge < -0.3 is 15.0 Å². The van der Waals surface area contributed by atoms with Gasteiger partial charge >= 0.3 is 5.97 Å². The third kappa shape index (κ3) is 4.50. The van der Waals surface area contributed by atoms with E-state index in [1.807, 2.05) is 31.1 Å². The molecule has 0 aliphatic heterocycles. The van der Waals surface area contributed by atoms with Crippen LogP contribution in [-0.4, -0.2) is 52.3 Å². The highest BCUT2D eigenvalue weighted by atomic mass is 16.5. The molecule has 0 fully saturated rings. The van der Waals surface area contributed by atoms with E-state index >= 15 is 0 Å². The number of anilines is 2. The van der Waals surface area contributed by atoms with Gasteiger partial charge in [0.1, 0.15) is 6.33 Å². The van der Waals surface area contributed by atoms with E-state index in [9.17, 15) is 9.59 Å². The average molecular weight is 380 g/mol. The van der Waals surface area contributed by atoms with E-state index in [1.165, 1.54) is 17.9 Å². The molecule has 9 nitrogen and oxygen atoms in total. The highest BCUT2D eigenvalue weighted by Crippen LogP contribution is 2.16. The minimum absolute atomic E-state index is 0.294.